The number of fused-ring (bicyclic) bond motifs is 1. The van der Waals surface area contributed by atoms with Crippen molar-refractivity contribution in [2.75, 3.05) is 6.54 Å². The molecule has 0 bridgehead atoms. The van der Waals surface area contributed by atoms with Gasteiger partial charge in [0.15, 0.2) is 0 Å². The van der Waals surface area contributed by atoms with Gasteiger partial charge >= 0.3 is 6.09 Å². The molecule has 1 aliphatic rings. The minimum absolute atomic E-state index is 0.186. The van der Waals surface area contributed by atoms with Crippen molar-refractivity contribution in [3.05, 3.63) is 88.2 Å². The van der Waals surface area contributed by atoms with Crippen LogP contribution in [0.3, 0.4) is 0 Å². The van der Waals surface area contributed by atoms with Crippen LogP contribution in [0, 0.1) is 0 Å². The molecule has 1 aromatic heterocycles. The Morgan fingerprint density at radius 3 is 2.37 bits per heavy atom. The molecule has 0 saturated carbocycles. The van der Waals surface area contributed by atoms with E-state index in [0.29, 0.717) is 27.9 Å². The molecule has 214 valence electrons. The number of amides is 2. The first-order valence-electron chi connectivity index (χ1n) is 13.8. The quantitative estimate of drug-likeness (QED) is 0.238. The molecule has 41 heavy (non-hydrogen) atoms. The number of carbonyl (C=O) groups excluding carboxylic acids is 2. The lowest BCUT2D eigenvalue weighted by Crippen LogP contribution is -2.52. The minimum atomic E-state index is -0.846. The van der Waals surface area contributed by atoms with Crippen molar-refractivity contribution in [3.8, 4) is 11.1 Å². The number of benzene rings is 3. The molecule has 0 aliphatic carbocycles. The van der Waals surface area contributed by atoms with E-state index in [2.05, 4.69) is 22.4 Å². The molecular formula is C32H34Cl2N4O3. The summed E-state index contributed by atoms with van der Waals surface area (Å²) in [6, 6.07) is 20.6. The van der Waals surface area contributed by atoms with Crippen molar-refractivity contribution >= 4 is 46.2 Å². The molecule has 2 N–H and O–H groups in total. The molecule has 4 aromatic rings. The largest absolute Gasteiger partial charge is 0.444 e. The van der Waals surface area contributed by atoms with E-state index in [1.165, 1.54) is 0 Å². The lowest BCUT2D eigenvalue weighted by atomic mass is 9.90. The maximum Gasteiger partial charge on any atom is 0.408 e. The number of halogens is 2. The summed E-state index contributed by atoms with van der Waals surface area (Å²) in [5.74, 6) is 0.156. The van der Waals surface area contributed by atoms with Crippen LogP contribution in [0.25, 0.3) is 22.2 Å². The average molecular weight is 594 g/mol. The van der Waals surface area contributed by atoms with Crippen molar-refractivity contribution in [1.29, 1.82) is 0 Å². The molecule has 2 amide bonds. The van der Waals surface area contributed by atoms with Crippen LogP contribution in [-0.2, 0) is 9.53 Å². The highest BCUT2D eigenvalue weighted by Crippen LogP contribution is 2.35. The Morgan fingerprint density at radius 2 is 1.68 bits per heavy atom. The molecule has 7 nitrogen and oxygen atoms in total. The summed E-state index contributed by atoms with van der Waals surface area (Å²) >= 11 is 12.4. The highest BCUT2D eigenvalue weighted by atomic mass is 35.5. The number of alkyl carbamates (subject to hydrolysis) is 1. The smallest absolute Gasteiger partial charge is 0.408 e. The van der Waals surface area contributed by atoms with E-state index in [4.69, 9.17) is 32.9 Å². The first-order chi connectivity index (χ1) is 19.5. The van der Waals surface area contributed by atoms with E-state index in [1.807, 2.05) is 49.4 Å². The Labute approximate surface area is 250 Å². The minimum Gasteiger partial charge on any atom is -0.444 e. The Kier molecular flexibility index (Phi) is 8.30. The third-order valence-corrected chi connectivity index (χ3v) is 8.10. The fourth-order valence-corrected chi connectivity index (χ4v) is 5.63. The van der Waals surface area contributed by atoms with Gasteiger partial charge in [-0.2, -0.15) is 0 Å². The van der Waals surface area contributed by atoms with Crippen LogP contribution >= 0.6 is 23.2 Å². The molecule has 1 aliphatic heterocycles. The zero-order chi connectivity index (χ0) is 29.3. The van der Waals surface area contributed by atoms with E-state index in [0.717, 1.165) is 35.0 Å². The molecule has 1 saturated heterocycles. The number of aromatic amines is 1. The van der Waals surface area contributed by atoms with Gasteiger partial charge in [0.1, 0.15) is 17.5 Å². The van der Waals surface area contributed by atoms with Gasteiger partial charge in [0.05, 0.1) is 27.1 Å². The molecule has 3 atom stereocenters. The van der Waals surface area contributed by atoms with Gasteiger partial charge in [-0.3, -0.25) is 4.79 Å². The molecule has 0 unspecified atom stereocenters. The van der Waals surface area contributed by atoms with E-state index in [1.54, 1.807) is 37.8 Å². The Bertz CT molecular complexity index is 1510. The van der Waals surface area contributed by atoms with Gasteiger partial charge < -0.3 is 19.9 Å². The topological polar surface area (TPSA) is 87.3 Å². The van der Waals surface area contributed by atoms with Crippen LogP contribution in [0.4, 0.5) is 4.79 Å². The second-order valence-electron chi connectivity index (χ2n) is 11.5. The van der Waals surface area contributed by atoms with Crippen LogP contribution in [0.1, 0.15) is 63.9 Å². The highest BCUT2D eigenvalue weighted by molar-refractivity contribution is 6.42. The fraction of sp³-hybridized carbons (Fsp3) is 0.344. The molecular weight excluding hydrogens is 559 g/mol. The van der Waals surface area contributed by atoms with Crippen LogP contribution in [0.5, 0.6) is 0 Å². The van der Waals surface area contributed by atoms with Crippen LogP contribution < -0.4 is 5.32 Å². The van der Waals surface area contributed by atoms with Gasteiger partial charge in [0.25, 0.3) is 0 Å². The first-order valence-corrected chi connectivity index (χ1v) is 14.6. The molecule has 0 radical (unpaired) electrons. The van der Waals surface area contributed by atoms with Gasteiger partial charge in [0, 0.05) is 12.5 Å². The first kappa shape index (κ1) is 29.0. The highest BCUT2D eigenvalue weighted by Gasteiger charge is 2.39. The van der Waals surface area contributed by atoms with Crippen LogP contribution in [0.15, 0.2) is 66.7 Å². The summed E-state index contributed by atoms with van der Waals surface area (Å²) in [7, 11) is 0. The standard InChI is InChI=1S/C32H34Cl2N4O3/c1-19(20-12-14-22(15-13-20)21-9-6-5-7-10-21)28(37-31(40)41-32(2,3)4)30(39)38-16-8-11-27(38)29-35-25-17-23(33)24(34)18-26(25)36-29/h5-7,9-10,12-15,17-19,27-28H,8,11,16H2,1-4H3,(H,35,36)(H,37,40)/t19-,27-,28-/m0/s1. The van der Waals surface area contributed by atoms with Gasteiger partial charge in [-0.05, 0) is 62.4 Å². The second kappa shape index (κ2) is 11.7. The summed E-state index contributed by atoms with van der Waals surface area (Å²) in [6.45, 7) is 7.89. The number of nitrogens with zero attached hydrogens (tertiary/aromatic N) is 2. The fourth-order valence-electron chi connectivity index (χ4n) is 5.31. The number of hydrogen-bond acceptors (Lipinski definition) is 4. The van der Waals surface area contributed by atoms with Gasteiger partial charge in [-0.25, -0.2) is 9.78 Å². The number of nitrogens with one attached hydrogen (secondary N) is 2. The predicted molar refractivity (Wildman–Crippen MR) is 163 cm³/mol. The van der Waals surface area contributed by atoms with Gasteiger partial charge in [-0.1, -0.05) is 84.7 Å². The van der Waals surface area contributed by atoms with Gasteiger partial charge in [0.2, 0.25) is 5.91 Å². The summed E-state index contributed by atoms with van der Waals surface area (Å²) in [4.78, 5) is 37.0. The number of likely N-dealkylation sites (tertiary alicyclic amines) is 1. The van der Waals surface area contributed by atoms with Gasteiger partial charge in [-0.15, -0.1) is 0 Å². The third-order valence-electron chi connectivity index (χ3n) is 7.38. The molecule has 1 fully saturated rings. The predicted octanol–water partition coefficient (Wildman–Crippen LogP) is 7.90. The molecule has 0 spiro atoms. The summed E-state index contributed by atoms with van der Waals surface area (Å²) in [5, 5.41) is 3.74. The SMILES string of the molecule is C[C@@H](c1ccc(-c2ccccc2)cc1)[C@H](NC(=O)OC(C)(C)C)C(=O)N1CCC[C@H]1c1nc2cc(Cl)c(Cl)cc2[nH]1. The lowest BCUT2D eigenvalue weighted by Gasteiger charge is -2.32. The van der Waals surface area contributed by atoms with Crippen LogP contribution in [0.2, 0.25) is 10.0 Å². The average Bonchev–Trinajstić information content (AvgIpc) is 3.58. The zero-order valence-electron chi connectivity index (χ0n) is 23.6. The summed E-state index contributed by atoms with van der Waals surface area (Å²) in [6.07, 6.45) is 0.924. The summed E-state index contributed by atoms with van der Waals surface area (Å²) in [5.41, 5.74) is 3.86. The van der Waals surface area contributed by atoms with Crippen molar-refractivity contribution in [1.82, 2.24) is 20.2 Å². The second-order valence-corrected chi connectivity index (χ2v) is 12.3. The van der Waals surface area contributed by atoms with Crippen molar-refractivity contribution < 1.29 is 14.3 Å². The number of aromatic nitrogens is 2. The Hall–Kier alpha value is -3.55. The van der Waals surface area contributed by atoms with Crippen molar-refractivity contribution in [2.24, 2.45) is 0 Å². The maximum absolute atomic E-state index is 14.2. The third kappa shape index (κ3) is 6.52. The van der Waals surface area contributed by atoms with E-state index in [9.17, 15) is 9.59 Å². The summed E-state index contributed by atoms with van der Waals surface area (Å²) < 4.78 is 5.55. The monoisotopic (exact) mass is 592 g/mol. The molecule has 3 aromatic carbocycles. The normalized spacial score (nSPS) is 16.9. The van der Waals surface area contributed by atoms with Crippen LogP contribution in [-0.4, -0.2) is 45.1 Å². The zero-order valence-corrected chi connectivity index (χ0v) is 25.1. The Balaban J connectivity index is 1.43. The van der Waals surface area contributed by atoms with E-state index < -0.39 is 17.7 Å². The molecule has 9 heteroatoms. The number of H-pyrrole nitrogens is 1. The van der Waals surface area contributed by atoms with Crippen molar-refractivity contribution in [2.45, 2.75) is 64.1 Å². The van der Waals surface area contributed by atoms with E-state index in [-0.39, 0.29) is 17.9 Å². The molecule has 5 rings (SSSR count). The lowest BCUT2D eigenvalue weighted by molar-refractivity contribution is -0.135. The van der Waals surface area contributed by atoms with Crippen molar-refractivity contribution in [3.63, 3.8) is 0 Å². The maximum atomic E-state index is 14.2. The van der Waals surface area contributed by atoms with E-state index >= 15 is 0 Å². The number of imidazole rings is 1. The number of carbonyl (C=O) groups is 2. The number of hydrogen-bond donors (Lipinski definition) is 2. The molecule has 2 heterocycles. The Morgan fingerprint density at radius 1 is 1.02 bits per heavy atom. The number of rotatable bonds is 6. The number of ether oxygens (including phenoxy) is 1.